The van der Waals surface area contributed by atoms with Crippen molar-refractivity contribution in [3.05, 3.63) is 76.9 Å². The van der Waals surface area contributed by atoms with Gasteiger partial charge in [0.2, 0.25) is 0 Å². The number of ether oxygens (including phenoxy) is 1. The van der Waals surface area contributed by atoms with Crippen LogP contribution in [0, 0.1) is 5.92 Å². The molecule has 41 heavy (non-hydrogen) atoms. The molecule has 3 amide bonds. The maximum absolute atomic E-state index is 13.9. The predicted octanol–water partition coefficient (Wildman–Crippen LogP) is 4.13. The van der Waals surface area contributed by atoms with Crippen LogP contribution in [0.2, 0.25) is 0 Å². The summed E-state index contributed by atoms with van der Waals surface area (Å²) in [5, 5.41) is 3.31. The molecule has 4 aromatic rings. The highest BCUT2D eigenvalue weighted by Crippen LogP contribution is 2.36. The van der Waals surface area contributed by atoms with E-state index in [0.717, 1.165) is 34.1 Å². The lowest BCUT2D eigenvalue weighted by atomic mass is 9.90. The van der Waals surface area contributed by atoms with E-state index in [0.29, 0.717) is 30.5 Å². The summed E-state index contributed by atoms with van der Waals surface area (Å²) in [6.07, 6.45) is 3.63. The molecule has 1 unspecified atom stereocenters. The molecule has 0 saturated carbocycles. The number of methoxy groups -OCH3 is 1. The van der Waals surface area contributed by atoms with Gasteiger partial charge in [0, 0.05) is 42.2 Å². The molecule has 5 heterocycles. The summed E-state index contributed by atoms with van der Waals surface area (Å²) in [6, 6.07) is 16.0. The lowest BCUT2D eigenvalue weighted by Crippen LogP contribution is -2.66. The lowest BCUT2D eigenvalue weighted by molar-refractivity contribution is -0.136. The van der Waals surface area contributed by atoms with Crippen LogP contribution in [-0.4, -0.2) is 88.8 Å². The monoisotopic (exact) mass is 569 g/mol. The molecular weight excluding hydrogens is 542 g/mol. The van der Waals surface area contributed by atoms with E-state index < -0.39 is 11.6 Å². The Kier molecular flexibility index (Phi) is 6.11. The predicted molar refractivity (Wildman–Crippen MR) is 153 cm³/mol. The van der Waals surface area contributed by atoms with Gasteiger partial charge >= 0.3 is 6.09 Å². The van der Waals surface area contributed by atoms with E-state index in [2.05, 4.69) is 11.1 Å². The summed E-state index contributed by atoms with van der Waals surface area (Å²) in [5.74, 6) is 0.506. The minimum Gasteiger partial charge on any atom is -0.464 e. The molecular formula is C30H27N5O5S. The number of benzene rings is 2. The summed E-state index contributed by atoms with van der Waals surface area (Å²) in [5.41, 5.74) is 2.75. The van der Waals surface area contributed by atoms with Crippen molar-refractivity contribution in [2.24, 2.45) is 10.9 Å². The number of likely N-dealkylation sites (tertiary alicyclic amines) is 2. The second-order valence-electron chi connectivity index (χ2n) is 10.7. The first-order valence-corrected chi connectivity index (χ1v) is 14.3. The second-order valence-corrected chi connectivity index (χ2v) is 11.6. The van der Waals surface area contributed by atoms with Crippen LogP contribution in [0.15, 0.2) is 75.8 Å². The first kappa shape index (κ1) is 25.5. The number of aromatic nitrogens is 1. The van der Waals surface area contributed by atoms with Gasteiger partial charge in [-0.25, -0.2) is 14.8 Å². The van der Waals surface area contributed by atoms with Crippen LogP contribution in [0.4, 0.5) is 4.79 Å². The topological polar surface area (TPSA) is 109 Å². The molecule has 208 valence electrons. The summed E-state index contributed by atoms with van der Waals surface area (Å²) < 4.78 is 10.3. The first-order chi connectivity index (χ1) is 19.9. The van der Waals surface area contributed by atoms with E-state index in [4.69, 9.17) is 14.1 Å². The Bertz CT molecular complexity index is 1670. The fraction of sp³-hybridized carbons (Fsp3) is 0.300. The van der Waals surface area contributed by atoms with Crippen LogP contribution < -0.4 is 0 Å². The van der Waals surface area contributed by atoms with Crippen LogP contribution in [0.1, 0.15) is 21.8 Å². The summed E-state index contributed by atoms with van der Waals surface area (Å²) in [4.78, 5) is 52.9. The third-order valence-electron chi connectivity index (χ3n) is 8.11. The van der Waals surface area contributed by atoms with Gasteiger partial charge in [0.1, 0.15) is 11.4 Å². The molecule has 11 heteroatoms. The second kappa shape index (κ2) is 9.84. The Hall–Kier alpha value is -4.51. The Labute approximate surface area is 239 Å². The number of rotatable bonds is 5. The number of carbonyl (C=O) groups is 3. The normalized spacial score (nSPS) is 19.6. The van der Waals surface area contributed by atoms with Crippen LogP contribution in [0.5, 0.6) is 0 Å². The molecule has 7 rings (SSSR count). The van der Waals surface area contributed by atoms with E-state index >= 15 is 0 Å². The van der Waals surface area contributed by atoms with E-state index in [1.807, 2.05) is 47.4 Å². The Balaban J connectivity index is 1.14. The van der Waals surface area contributed by atoms with Crippen LogP contribution in [0.25, 0.3) is 22.1 Å². The van der Waals surface area contributed by atoms with E-state index in [1.165, 1.54) is 23.3 Å². The molecule has 2 aromatic heterocycles. The molecule has 3 aliphatic rings. The molecule has 10 nitrogen and oxygen atoms in total. The number of amidine groups is 1. The smallest absolute Gasteiger partial charge is 0.409 e. The Morgan fingerprint density at radius 2 is 1.85 bits per heavy atom. The number of fused-ring (bicyclic) bond motifs is 1. The zero-order valence-electron chi connectivity index (χ0n) is 22.4. The standard InChI is InChI=1S/C30H27N5O5S/c1-39-29(38)34-17-30(18-34)28(37)35(16-19-8-11-33(15-19)27(36)26-31-10-13-41-26)25(32-30)21-4-2-20(3-5-21)22-6-7-24-23(14-22)9-12-40-24/h2-7,9-10,12-14,19H,8,11,15-18H2,1H3. The number of carbonyl (C=O) groups excluding carboxylic acids is 3. The average molecular weight is 570 g/mol. The van der Waals surface area contributed by atoms with E-state index in [-0.39, 0.29) is 30.8 Å². The van der Waals surface area contributed by atoms with Crippen LogP contribution >= 0.6 is 11.3 Å². The number of thiazole rings is 1. The van der Waals surface area contributed by atoms with Crippen molar-refractivity contribution in [2.75, 3.05) is 39.8 Å². The number of amides is 3. The SMILES string of the molecule is COC(=O)N1CC2(C1)N=C(c1ccc(-c3ccc4occc4c3)cc1)N(CC1CCN(C(=O)c3nccs3)C1)C2=O. The number of hydrogen-bond acceptors (Lipinski definition) is 8. The van der Waals surface area contributed by atoms with Gasteiger partial charge in [-0.2, -0.15) is 0 Å². The van der Waals surface area contributed by atoms with Crippen molar-refractivity contribution >= 4 is 46.0 Å². The zero-order chi connectivity index (χ0) is 28.1. The van der Waals surface area contributed by atoms with Crippen LogP contribution in [0.3, 0.4) is 0 Å². The third-order valence-corrected chi connectivity index (χ3v) is 8.88. The maximum atomic E-state index is 13.9. The molecule has 0 aliphatic carbocycles. The Morgan fingerprint density at radius 3 is 2.61 bits per heavy atom. The molecule has 0 N–H and O–H groups in total. The van der Waals surface area contributed by atoms with Crippen molar-refractivity contribution in [1.29, 1.82) is 0 Å². The fourth-order valence-electron chi connectivity index (χ4n) is 5.94. The van der Waals surface area contributed by atoms with Crippen molar-refractivity contribution in [3.8, 4) is 11.1 Å². The highest BCUT2D eigenvalue weighted by atomic mass is 32.1. The maximum Gasteiger partial charge on any atom is 0.409 e. The molecule has 0 radical (unpaired) electrons. The lowest BCUT2D eigenvalue weighted by Gasteiger charge is -2.43. The molecule has 2 aromatic carbocycles. The third kappa shape index (κ3) is 4.37. The molecule has 0 bridgehead atoms. The van der Waals surface area contributed by atoms with Gasteiger partial charge in [0.25, 0.3) is 11.8 Å². The number of furan rings is 1. The Morgan fingerprint density at radius 1 is 1.07 bits per heavy atom. The fourth-order valence-corrected chi connectivity index (χ4v) is 6.55. The van der Waals surface area contributed by atoms with E-state index in [1.54, 1.807) is 22.7 Å². The van der Waals surface area contributed by atoms with Gasteiger partial charge in [-0.05, 0) is 41.7 Å². The van der Waals surface area contributed by atoms with Gasteiger partial charge in [-0.15, -0.1) is 11.3 Å². The number of hydrogen-bond donors (Lipinski definition) is 0. The zero-order valence-corrected chi connectivity index (χ0v) is 23.2. The van der Waals surface area contributed by atoms with Gasteiger partial charge < -0.3 is 19.0 Å². The molecule has 2 saturated heterocycles. The minimum absolute atomic E-state index is 0.0717. The van der Waals surface area contributed by atoms with Crippen LogP contribution in [-0.2, 0) is 9.53 Å². The summed E-state index contributed by atoms with van der Waals surface area (Å²) in [6.45, 7) is 1.97. The number of aliphatic imine (C=N–C) groups is 1. The highest BCUT2D eigenvalue weighted by molar-refractivity contribution is 7.11. The number of nitrogens with zero attached hydrogens (tertiary/aromatic N) is 5. The highest BCUT2D eigenvalue weighted by Gasteiger charge is 2.58. The van der Waals surface area contributed by atoms with Gasteiger partial charge in [0.05, 0.1) is 26.5 Å². The van der Waals surface area contributed by atoms with Gasteiger partial charge in [-0.1, -0.05) is 30.3 Å². The van der Waals surface area contributed by atoms with Gasteiger partial charge in [0.15, 0.2) is 10.5 Å². The minimum atomic E-state index is -1.01. The van der Waals surface area contributed by atoms with Crippen molar-refractivity contribution < 1.29 is 23.5 Å². The van der Waals surface area contributed by atoms with Crippen molar-refractivity contribution in [2.45, 2.75) is 12.0 Å². The van der Waals surface area contributed by atoms with Gasteiger partial charge in [-0.3, -0.25) is 14.5 Å². The van der Waals surface area contributed by atoms with Crippen molar-refractivity contribution in [3.63, 3.8) is 0 Å². The summed E-state index contributed by atoms with van der Waals surface area (Å²) >= 11 is 1.33. The quantitative estimate of drug-likeness (QED) is 0.358. The average Bonchev–Trinajstić information content (AvgIpc) is 3.79. The van der Waals surface area contributed by atoms with Crippen molar-refractivity contribution in [1.82, 2.24) is 19.7 Å². The molecule has 1 spiro atoms. The summed E-state index contributed by atoms with van der Waals surface area (Å²) in [7, 11) is 1.33. The largest absolute Gasteiger partial charge is 0.464 e. The molecule has 1 atom stereocenters. The van der Waals surface area contributed by atoms with E-state index in [9.17, 15) is 14.4 Å². The first-order valence-electron chi connectivity index (χ1n) is 13.5. The molecule has 3 aliphatic heterocycles. The molecule has 2 fully saturated rings.